The van der Waals surface area contributed by atoms with Crippen LogP contribution in [-0.2, 0) is 0 Å². The summed E-state index contributed by atoms with van der Waals surface area (Å²) in [5, 5.41) is 0. The molecule has 0 unspecified atom stereocenters. The topological polar surface area (TPSA) is 56.4 Å². The van der Waals surface area contributed by atoms with Gasteiger partial charge in [-0.2, -0.15) is 0 Å². The molecule has 0 radical (unpaired) electrons. The van der Waals surface area contributed by atoms with Crippen LogP contribution in [0.1, 0.15) is 29.9 Å². The van der Waals surface area contributed by atoms with Crippen LogP contribution >= 0.6 is 0 Å². The molecule has 110 valence electrons. The number of nitrogens with zero attached hydrogens (tertiary/aromatic N) is 2. The van der Waals surface area contributed by atoms with Crippen molar-refractivity contribution in [2.75, 3.05) is 32.7 Å². The van der Waals surface area contributed by atoms with Gasteiger partial charge < -0.3 is 9.88 Å². The Hall–Kier alpha value is -1.62. The molecule has 2 heterocycles. The fourth-order valence-electron chi connectivity index (χ4n) is 2.56. The minimum Gasteiger partial charge on any atom is -0.364 e. The zero-order valence-electron chi connectivity index (χ0n) is 12.5. The molecule has 1 N–H and O–H groups in total. The molecule has 0 aliphatic carbocycles. The summed E-state index contributed by atoms with van der Waals surface area (Å²) < 4.78 is 0. The molecule has 1 aromatic heterocycles. The van der Waals surface area contributed by atoms with Gasteiger partial charge in [0.05, 0.1) is 0 Å². The number of rotatable bonds is 3. The quantitative estimate of drug-likeness (QED) is 0.900. The van der Waals surface area contributed by atoms with E-state index >= 15 is 0 Å². The number of pyridine rings is 1. The maximum Gasteiger partial charge on any atom is 0.259 e. The second-order valence-electron chi connectivity index (χ2n) is 5.88. The molecule has 0 saturated carbocycles. The second-order valence-corrected chi connectivity index (χ2v) is 5.88. The molecule has 20 heavy (non-hydrogen) atoms. The Morgan fingerprint density at radius 2 is 1.95 bits per heavy atom. The predicted octanol–water partition coefficient (Wildman–Crippen LogP) is 1.10. The number of piperazine rings is 1. The third-order valence-electron chi connectivity index (χ3n) is 3.57. The Labute approximate surface area is 119 Å². The van der Waals surface area contributed by atoms with Gasteiger partial charge in [0.1, 0.15) is 5.56 Å². The summed E-state index contributed by atoms with van der Waals surface area (Å²) in [6.07, 6.45) is 1.53. The minimum absolute atomic E-state index is 0.157. The number of aromatic amines is 1. The standard InChI is InChI=1S/C15H23N3O2/c1-11(2)10-17-4-6-18(7-5-17)15(20)13-9-16-12(3)8-14(13)19/h8-9,11H,4-7,10H2,1-3H3,(H,16,19). The van der Waals surface area contributed by atoms with E-state index in [9.17, 15) is 9.59 Å². The summed E-state index contributed by atoms with van der Waals surface area (Å²) in [6, 6.07) is 1.47. The predicted molar refractivity (Wildman–Crippen MR) is 79.0 cm³/mol. The highest BCUT2D eigenvalue weighted by molar-refractivity contribution is 5.93. The van der Waals surface area contributed by atoms with Crippen molar-refractivity contribution in [1.29, 1.82) is 0 Å². The van der Waals surface area contributed by atoms with Gasteiger partial charge >= 0.3 is 0 Å². The number of aromatic nitrogens is 1. The Morgan fingerprint density at radius 1 is 1.30 bits per heavy atom. The number of hydrogen-bond acceptors (Lipinski definition) is 3. The summed E-state index contributed by atoms with van der Waals surface area (Å²) in [7, 11) is 0. The number of hydrogen-bond donors (Lipinski definition) is 1. The summed E-state index contributed by atoms with van der Waals surface area (Å²) in [6.45, 7) is 10.4. The molecule has 2 rings (SSSR count). The van der Waals surface area contributed by atoms with Gasteiger partial charge in [-0.1, -0.05) is 13.8 Å². The van der Waals surface area contributed by atoms with Crippen LogP contribution in [0.2, 0.25) is 0 Å². The molecule has 0 atom stereocenters. The lowest BCUT2D eigenvalue weighted by molar-refractivity contribution is 0.0622. The fraction of sp³-hybridized carbons (Fsp3) is 0.600. The van der Waals surface area contributed by atoms with Gasteiger partial charge in [-0.05, 0) is 12.8 Å². The van der Waals surface area contributed by atoms with E-state index in [0.29, 0.717) is 19.0 Å². The Balaban J connectivity index is 2.00. The summed E-state index contributed by atoms with van der Waals surface area (Å²) in [4.78, 5) is 31.3. The summed E-state index contributed by atoms with van der Waals surface area (Å²) in [5.74, 6) is 0.479. The third-order valence-corrected chi connectivity index (χ3v) is 3.57. The van der Waals surface area contributed by atoms with E-state index in [-0.39, 0.29) is 16.9 Å². The normalized spacial score (nSPS) is 16.7. The molecule has 0 spiro atoms. The number of H-pyrrole nitrogens is 1. The molecule has 1 aliphatic heterocycles. The van der Waals surface area contributed by atoms with Crippen molar-refractivity contribution in [3.8, 4) is 0 Å². The Bertz CT molecular complexity index is 528. The lowest BCUT2D eigenvalue weighted by Gasteiger charge is -2.35. The molecule has 1 aliphatic rings. The highest BCUT2D eigenvalue weighted by Gasteiger charge is 2.23. The minimum atomic E-state index is -0.198. The SMILES string of the molecule is Cc1cc(=O)c(C(=O)N2CCN(CC(C)C)CC2)c[nH]1. The van der Waals surface area contributed by atoms with Crippen LogP contribution in [0.4, 0.5) is 0 Å². The first-order chi connectivity index (χ1) is 9.47. The van der Waals surface area contributed by atoms with E-state index in [4.69, 9.17) is 0 Å². The van der Waals surface area contributed by atoms with Crippen LogP contribution in [0.15, 0.2) is 17.1 Å². The molecule has 1 aromatic rings. The van der Waals surface area contributed by atoms with Crippen LogP contribution in [-0.4, -0.2) is 53.4 Å². The van der Waals surface area contributed by atoms with E-state index < -0.39 is 0 Å². The number of carbonyl (C=O) groups is 1. The maximum atomic E-state index is 12.3. The smallest absolute Gasteiger partial charge is 0.259 e. The summed E-state index contributed by atoms with van der Waals surface area (Å²) in [5.41, 5.74) is 0.817. The molecule has 0 bridgehead atoms. The Morgan fingerprint density at radius 3 is 2.50 bits per heavy atom. The fourth-order valence-corrected chi connectivity index (χ4v) is 2.56. The largest absolute Gasteiger partial charge is 0.364 e. The van der Waals surface area contributed by atoms with Crippen molar-refractivity contribution in [3.63, 3.8) is 0 Å². The third kappa shape index (κ3) is 3.48. The molecule has 1 amide bonds. The first-order valence-corrected chi connectivity index (χ1v) is 7.18. The highest BCUT2D eigenvalue weighted by atomic mass is 16.2. The van der Waals surface area contributed by atoms with Crippen LogP contribution in [0, 0.1) is 12.8 Å². The van der Waals surface area contributed by atoms with Crippen molar-refractivity contribution in [3.05, 3.63) is 33.7 Å². The van der Waals surface area contributed by atoms with Crippen LogP contribution in [0.25, 0.3) is 0 Å². The Kier molecular flexibility index (Phi) is 4.60. The first-order valence-electron chi connectivity index (χ1n) is 7.18. The molecular weight excluding hydrogens is 254 g/mol. The molecule has 5 heteroatoms. The van der Waals surface area contributed by atoms with E-state index in [1.165, 1.54) is 12.3 Å². The van der Waals surface area contributed by atoms with Gasteiger partial charge in [-0.25, -0.2) is 0 Å². The molecule has 1 fully saturated rings. The van der Waals surface area contributed by atoms with Gasteiger partial charge in [-0.3, -0.25) is 14.5 Å². The van der Waals surface area contributed by atoms with Gasteiger partial charge in [0, 0.05) is 50.7 Å². The molecule has 0 aromatic carbocycles. The zero-order valence-corrected chi connectivity index (χ0v) is 12.5. The number of aryl methyl sites for hydroxylation is 1. The lowest BCUT2D eigenvalue weighted by atomic mass is 10.1. The van der Waals surface area contributed by atoms with E-state index in [1.54, 1.807) is 11.8 Å². The van der Waals surface area contributed by atoms with Crippen molar-refractivity contribution < 1.29 is 4.79 Å². The monoisotopic (exact) mass is 277 g/mol. The average molecular weight is 277 g/mol. The van der Waals surface area contributed by atoms with Crippen molar-refractivity contribution in [2.45, 2.75) is 20.8 Å². The van der Waals surface area contributed by atoms with E-state index in [0.717, 1.165) is 25.3 Å². The van der Waals surface area contributed by atoms with Crippen molar-refractivity contribution >= 4 is 5.91 Å². The first kappa shape index (κ1) is 14.8. The van der Waals surface area contributed by atoms with Crippen LogP contribution in [0.3, 0.4) is 0 Å². The van der Waals surface area contributed by atoms with Crippen molar-refractivity contribution in [1.82, 2.24) is 14.8 Å². The number of carbonyl (C=O) groups excluding carboxylic acids is 1. The van der Waals surface area contributed by atoms with Crippen LogP contribution < -0.4 is 5.43 Å². The van der Waals surface area contributed by atoms with Gasteiger partial charge in [-0.15, -0.1) is 0 Å². The van der Waals surface area contributed by atoms with Crippen LogP contribution in [0.5, 0.6) is 0 Å². The number of amides is 1. The average Bonchev–Trinajstić information content (AvgIpc) is 2.38. The molecule has 1 saturated heterocycles. The van der Waals surface area contributed by atoms with E-state index in [2.05, 4.69) is 23.7 Å². The van der Waals surface area contributed by atoms with Gasteiger partial charge in [0.15, 0.2) is 5.43 Å². The van der Waals surface area contributed by atoms with E-state index in [1.807, 2.05) is 0 Å². The number of nitrogens with one attached hydrogen (secondary N) is 1. The van der Waals surface area contributed by atoms with Gasteiger partial charge in [0.25, 0.3) is 5.91 Å². The highest BCUT2D eigenvalue weighted by Crippen LogP contribution is 2.08. The van der Waals surface area contributed by atoms with Crippen molar-refractivity contribution in [2.24, 2.45) is 5.92 Å². The molecular formula is C15H23N3O2. The second kappa shape index (κ2) is 6.22. The molecule has 5 nitrogen and oxygen atoms in total. The zero-order chi connectivity index (χ0) is 14.7. The summed E-state index contributed by atoms with van der Waals surface area (Å²) >= 11 is 0. The maximum absolute atomic E-state index is 12.3. The lowest BCUT2D eigenvalue weighted by Crippen LogP contribution is -2.50. The van der Waals surface area contributed by atoms with Gasteiger partial charge in [0.2, 0.25) is 0 Å².